The molecule has 21 heavy (non-hydrogen) atoms. The van der Waals surface area contributed by atoms with Crippen LogP contribution in [0.2, 0.25) is 0 Å². The lowest BCUT2D eigenvalue weighted by molar-refractivity contribution is 0.0827. The largest absolute Gasteiger partial charge is 0.294 e. The first-order chi connectivity index (χ1) is 10.2. The lowest BCUT2D eigenvalue weighted by Crippen LogP contribution is -2.23. The lowest BCUT2D eigenvalue weighted by atomic mass is 9.88. The van der Waals surface area contributed by atoms with Crippen LogP contribution in [0.4, 0.5) is 0 Å². The molecule has 0 amide bonds. The molecule has 0 N–H and O–H groups in total. The van der Waals surface area contributed by atoms with Gasteiger partial charge in [-0.3, -0.25) is 9.36 Å². The van der Waals surface area contributed by atoms with Crippen LogP contribution in [0.15, 0.2) is 71.1 Å². The molecular weight excluding hydrogens is 326 g/mol. The second kappa shape index (κ2) is 5.88. The van der Waals surface area contributed by atoms with Gasteiger partial charge in [0.25, 0.3) is 0 Å². The van der Waals surface area contributed by atoms with E-state index in [0.29, 0.717) is 0 Å². The first kappa shape index (κ1) is 14.1. The van der Waals surface area contributed by atoms with E-state index < -0.39 is 0 Å². The smallest absolute Gasteiger partial charge is 0.234 e. The van der Waals surface area contributed by atoms with Gasteiger partial charge in [-0.15, -0.1) is 5.73 Å². The van der Waals surface area contributed by atoms with Crippen LogP contribution in [0.5, 0.6) is 0 Å². The minimum Gasteiger partial charge on any atom is -0.294 e. The van der Waals surface area contributed by atoms with Crippen molar-refractivity contribution < 1.29 is 4.79 Å². The standard InChI is InChI=1S/C18H16BrNO/c1-2-13-11-15(14-7-3-4-8-17(14)19)16(12-13)18(21)20-9-5-6-10-20/h3-10,15-16H,1,11-12H2/t15-,16+/m1/s1. The minimum atomic E-state index is -0.0552. The van der Waals surface area contributed by atoms with Gasteiger partial charge in [-0.05, 0) is 42.2 Å². The number of allylic oxidation sites excluding steroid dienone is 1. The van der Waals surface area contributed by atoms with Crippen LogP contribution >= 0.6 is 15.9 Å². The van der Waals surface area contributed by atoms with Crippen molar-refractivity contribution in [2.75, 3.05) is 0 Å². The third-order valence-corrected chi connectivity index (χ3v) is 4.87. The normalized spacial score (nSPS) is 21.3. The van der Waals surface area contributed by atoms with Gasteiger partial charge in [-0.25, -0.2) is 0 Å². The Kier molecular flexibility index (Phi) is 3.96. The fourth-order valence-electron chi connectivity index (χ4n) is 3.08. The van der Waals surface area contributed by atoms with Crippen LogP contribution < -0.4 is 0 Å². The number of carbonyl (C=O) groups excluding carboxylic acids is 1. The summed E-state index contributed by atoms with van der Waals surface area (Å²) in [5.41, 5.74) is 5.33. The summed E-state index contributed by atoms with van der Waals surface area (Å²) in [6.07, 6.45) is 5.22. The van der Waals surface area contributed by atoms with Crippen LogP contribution in [0.25, 0.3) is 0 Å². The first-order valence-corrected chi connectivity index (χ1v) is 7.79. The predicted molar refractivity (Wildman–Crippen MR) is 87.3 cm³/mol. The van der Waals surface area contributed by atoms with Crippen molar-refractivity contribution in [1.29, 1.82) is 0 Å². The van der Waals surface area contributed by atoms with Crippen molar-refractivity contribution in [3.8, 4) is 0 Å². The van der Waals surface area contributed by atoms with E-state index >= 15 is 0 Å². The Balaban J connectivity index is 1.99. The zero-order valence-corrected chi connectivity index (χ0v) is 13.2. The van der Waals surface area contributed by atoms with Crippen molar-refractivity contribution in [2.24, 2.45) is 5.92 Å². The molecule has 0 radical (unpaired) electrons. The third-order valence-electron chi connectivity index (χ3n) is 4.15. The molecule has 0 aliphatic heterocycles. The highest BCUT2D eigenvalue weighted by atomic mass is 79.9. The fraction of sp³-hybridized carbons (Fsp3) is 0.222. The Bertz CT molecular complexity index is 711. The number of hydrogen-bond donors (Lipinski definition) is 0. The average molecular weight is 342 g/mol. The summed E-state index contributed by atoms with van der Waals surface area (Å²) < 4.78 is 2.74. The molecule has 0 unspecified atom stereocenters. The maximum absolute atomic E-state index is 12.8. The SMILES string of the molecule is C=C=C1C[C@H](C(=O)n2cccc2)[C@@H](c2ccccc2Br)C1. The summed E-state index contributed by atoms with van der Waals surface area (Å²) >= 11 is 3.61. The Labute approximate surface area is 132 Å². The lowest BCUT2D eigenvalue weighted by Gasteiger charge is -2.20. The maximum atomic E-state index is 12.8. The molecule has 2 aromatic rings. The van der Waals surface area contributed by atoms with Gasteiger partial charge in [0.1, 0.15) is 0 Å². The summed E-state index contributed by atoms with van der Waals surface area (Å²) in [6.45, 7) is 3.76. The van der Waals surface area contributed by atoms with E-state index in [1.165, 1.54) is 5.56 Å². The van der Waals surface area contributed by atoms with E-state index in [4.69, 9.17) is 0 Å². The van der Waals surface area contributed by atoms with Crippen molar-refractivity contribution in [1.82, 2.24) is 4.57 Å². The second-order valence-corrected chi connectivity index (χ2v) is 6.21. The highest BCUT2D eigenvalue weighted by Crippen LogP contribution is 2.45. The Morgan fingerprint density at radius 2 is 1.90 bits per heavy atom. The second-order valence-electron chi connectivity index (χ2n) is 5.35. The Hall–Kier alpha value is -1.83. The van der Waals surface area contributed by atoms with Gasteiger partial charge in [-0.2, -0.15) is 0 Å². The van der Waals surface area contributed by atoms with Gasteiger partial charge in [0, 0.05) is 22.8 Å². The molecule has 0 spiro atoms. The van der Waals surface area contributed by atoms with Crippen LogP contribution in [0, 0.1) is 5.92 Å². The third kappa shape index (κ3) is 2.67. The Morgan fingerprint density at radius 1 is 1.19 bits per heavy atom. The number of halogens is 1. The zero-order valence-electron chi connectivity index (χ0n) is 11.6. The molecule has 1 aromatic carbocycles. The van der Waals surface area contributed by atoms with Crippen LogP contribution in [0.1, 0.15) is 29.1 Å². The molecule has 106 valence electrons. The fourth-order valence-corrected chi connectivity index (χ4v) is 3.66. The van der Waals surface area contributed by atoms with Crippen molar-refractivity contribution in [2.45, 2.75) is 18.8 Å². The molecular formula is C18H16BrNO. The number of hydrogen-bond acceptors (Lipinski definition) is 1. The first-order valence-electron chi connectivity index (χ1n) is 7.00. The van der Waals surface area contributed by atoms with E-state index in [0.717, 1.165) is 22.9 Å². The predicted octanol–water partition coefficient (Wildman–Crippen LogP) is 4.80. The molecule has 3 heteroatoms. The highest BCUT2D eigenvalue weighted by Gasteiger charge is 2.37. The van der Waals surface area contributed by atoms with Gasteiger partial charge in [0.15, 0.2) is 0 Å². The van der Waals surface area contributed by atoms with Crippen molar-refractivity contribution >= 4 is 21.8 Å². The van der Waals surface area contributed by atoms with E-state index in [2.05, 4.69) is 34.3 Å². The average Bonchev–Trinajstić information content (AvgIpc) is 3.16. The van der Waals surface area contributed by atoms with Crippen LogP contribution in [-0.2, 0) is 0 Å². The molecule has 0 bridgehead atoms. The minimum absolute atomic E-state index is 0.0552. The molecule has 2 nitrogen and oxygen atoms in total. The number of carbonyl (C=O) groups is 1. The van der Waals surface area contributed by atoms with Crippen LogP contribution in [0.3, 0.4) is 0 Å². The molecule has 1 aliphatic rings. The number of nitrogens with zero attached hydrogens (tertiary/aromatic N) is 1. The molecule has 1 aliphatic carbocycles. The van der Waals surface area contributed by atoms with Gasteiger partial charge < -0.3 is 0 Å². The van der Waals surface area contributed by atoms with Crippen LogP contribution in [-0.4, -0.2) is 10.5 Å². The zero-order chi connectivity index (χ0) is 14.8. The molecule has 1 aromatic heterocycles. The quantitative estimate of drug-likeness (QED) is 0.719. The summed E-state index contributed by atoms with van der Waals surface area (Å²) in [5, 5.41) is 0. The van der Waals surface area contributed by atoms with Gasteiger partial charge in [0.2, 0.25) is 5.91 Å². The molecule has 3 rings (SSSR count). The van der Waals surface area contributed by atoms with E-state index in [1.54, 1.807) is 4.57 Å². The summed E-state index contributed by atoms with van der Waals surface area (Å²) in [5.74, 6) is 0.270. The van der Waals surface area contributed by atoms with E-state index in [9.17, 15) is 4.79 Å². The summed E-state index contributed by atoms with van der Waals surface area (Å²) in [4.78, 5) is 12.8. The molecule has 1 fully saturated rings. The molecule has 0 saturated heterocycles. The maximum Gasteiger partial charge on any atom is 0.234 e. The highest BCUT2D eigenvalue weighted by molar-refractivity contribution is 9.10. The molecule has 1 saturated carbocycles. The number of benzene rings is 1. The summed E-state index contributed by atoms with van der Waals surface area (Å²) in [6, 6.07) is 11.9. The number of aromatic nitrogens is 1. The molecule has 2 atom stereocenters. The van der Waals surface area contributed by atoms with E-state index in [1.807, 2.05) is 42.7 Å². The Morgan fingerprint density at radius 3 is 2.57 bits per heavy atom. The van der Waals surface area contributed by atoms with Crippen molar-refractivity contribution in [3.63, 3.8) is 0 Å². The number of rotatable bonds is 2. The van der Waals surface area contributed by atoms with E-state index in [-0.39, 0.29) is 17.7 Å². The van der Waals surface area contributed by atoms with Gasteiger partial charge in [-0.1, -0.05) is 40.7 Å². The molecule has 1 heterocycles. The topological polar surface area (TPSA) is 22.0 Å². The van der Waals surface area contributed by atoms with Crippen molar-refractivity contribution in [3.05, 3.63) is 76.7 Å². The summed E-state index contributed by atoms with van der Waals surface area (Å²) in [7, 11) is 0. The monoisotopic (exact) mass is 341 g/mol. The van der Waals surface area contributed by atoms with Gasteiger partial charge >= 0.3 is 0 Å². The van der Waals surface area contributed by atoms with Gasteiger partial charge in [0.05, 0.1) is 5.92 Å².